The van der Waals surface area contributed by atoms with E-state index in [4.69, 9.17) is 13.9 Å². The van der Waals surface area contributed by atoms with Gasteiger partial charge in [-0.25, -0.2) is 5.43 Å². The topological polar surface area (TPSA) is 81.2 Å². The first-order valence-corrected chi connectivity index (χ1v) is 12.3. The van der Waals surface area contributed by atoms with Gasteiger partial charge >= 0.3 is 5.91 Å². The van der Waals surface area contributed by atoms with Crippen LogP contribution in [0.1, 0.15) is 33.3 Å². The normalized spacial score (nSPS) is 13.7. The predicted octanol–water partition coefficient (Wildman–Crippen LogP) is 4.87. The highest BCUT2D eigenvalue weighted by molar-refractivity contribution is 5.92. The van der Waals surface area contributed by atoms with Crippen LogP contribution in [0.3, 0.4) is 0 Å². The molecule has 5 rings (SSSR count). The molecule has 2 aromatic heterocycles. The fourth-order valence-corrected chi connectivity index (χ4v) is 4.31. The largest absolute Gasteiger partial charge is 0.486 e. The van der Waals surface area contributed by atoms with Crippen LogP contribution >= 0.6 is 0 Å². The molecular weight excluding hydrogens is 468 g/mol. The first kappa shape index (κ1) is 24.4. The van der Waals surface area contributed by atoms with E-state index < -0.39 is 5.91 Å². The van der Waals surface area contributed by atoms with Crippen molar-refractivity contribution in [2.45, 2.75) is 20.5 Å². The molecular formula is C29H30N4O4. The van der Waals surface area contributed by atoms with Crippen molar-refractivity contribution in [3.05, 3.63) is 101 Å². The van der Waals surface area contributed by atoms with Gasteiger partial charge in [-0.1, -0.05) is 12.1 Å². The standard InChI is InChI=1S/C29H30N4O4/c1-21-3-4-22(2)33(21)25-9-11-26(12-10-25)36-20-27-13-14-28(37-27)29(34)31-30-19-23-5-7-24(8-6-23)32-15-17-35-18-16-32/h3-14,19H,15-18,20H2,1-2H3,(H,31,34). The first-order valence-electron chi connectivity index (χ1n) is 12.3. The number of benzene rings is 2. The Balaban J connectivity index is 1.11. The molecule has 1 aliphatic rings. The molecule has 0 radical (unpaired) electrons. The zero-order chi connectivity index (χ0) is 25.6. The summed E-state index contributed by atoms with van der Waals surface area (Å²) in [6.45, 7) is 7.65. The Morgan fingerprint density at radius 3 is 2.30 bits per heavy atom. The van der Waals surface area contributed by atoms with Gasteiger partial charge in [-0.05, 0) is 80.1 Å². The number of aromatic nitrogens is 1. The molecule has 1 amide bonds. The van der Waals surface area contributed by atoms with Crippen LogP contribution < -0.4 is 15.1 Å². The number of carbonyl (C=O) groups is 1. The summed E-state index contributed by atoms with van der Waals surface area (Å²) in [5, 5.41) is 4.05. The number of rotatable bonds is 8. The molecule has 37 heavy (non-hydrogen) atoms. The summed E-state index contributed by atoms with van der Waals surface area (Å²) in [6.07, 6.45) is 1.61. The molecule has 190 valence electrons. The highest BCUT2D eigenvalue weighted by atomic mass is 16.5. The maximum atomic E-state index is 12.4. The average Bonchev–Trinajstić information content (AvgIpc) is 3.55. The van der Waals surface area contributed by atoms with Crippen molar-refractivity contribution in [2.75, 3.05) is 31.2 Å². The number of carbonyl (C=O) groups excluding carboxylic acids is 1. The fraction of sp³-hybridized carbons (Fsp3) is 0.241. The number of nitrogens with one attached hydrogen (secondary N) is 1. The van der Waals surface area contributed by atoms with Crippen LogP contribution in [0, 0.1) is 13.8 Å². The second-order valence-electron chi connectivity index (χ2n) is 8.89. The molecule has 2 aromatic carbocycles. The Bertz CT molecular complexity index is 1340. The molecule has 3 heterocycles. The molecule has 1 N–H and O–H groups in total. The summed E-state index contributed by atoms with van der Waals surface area (Å²) in [5.74, 6) is 1.02. The second kappa shape index (κ2) is 11.2. The molecule has 1 aliphatic heterocycles. The van der Waals surface area contributed by atoms with Crippen LogP contribution in [-0.2, 0) is 11.3 Å². The van der Waals surface area contributed by atoms with Gasteiger partial charge in [0.05, 0.1) is 19.4 Å². The highest BCUT2D eigenvalue weighted by Crippen LogP contribution is 2.21. The van der Waals surface area contributed by atoms with Crippen LogP contribution in [0.25, 0.3) is 5.69 Å². The predicted molar refractivity (Wildman–Crippen MR) is 143 cm³/mol. The third kappa shape index (κ3) is 5.92. The number of morpholine rings is 1. The van der Waals surface area contributed by atoms with Gasteiger partial charge in [0, 0.05) is 35.9 Å². The van der Waals surface area contributed by atoms with Crippen molar-refractivity contribution in [3.63, 3.8) is 0 Å². The number of ether oxygens (including phenoxy) is 2. The van der Waals surface area contributed by atoms with E-state index in [2.05, 4.69) is 46.0 Å². The van der Waals surface area contributed by atoms with E-state index in [1.807, 2.05) is 48.5 Å². The van der Waals surface area contributed by atoms with Crippen LogP contribution in [0.2, 0.25) is 0 Å². The smallest absolute Gasteiger partial charge is 0.307 e. The van der Waals surface area contributed by atoms with Gasteiger partial charge in [0.2, 0.25) is 0 Å². The Kier molecular flexibility index (Phi) is 7.37. The number of amides is 1. The molecule has 8 heteroatoms. The summed E-state index contributed by atoms with van der Waals surface area (Å²) in [7, 11) is 0. The first-order chi connectivity index (χ1) is 18.1. The molecule has 1 fully saturated rings. The van der Waals surface area contributed by atoms with Gasteiger partial charge in [0.25, 0.3) is 0 Å². The van der Waals surface area contributed by atoms with Crippen LogP contribution in [0.15, 0.2) is 82.3 Å². The van der Waals surface area contributed by atoms with Crippen LogP contribution in [0.4, 0.5) is 5.69 Å². The lowest BCUT2D eigenvalue weighted by molar-refractivity contribution is 0.0923. The van der Waals surface area contributed by atoms with E-state index in [9.17, 15) is 4.79 Å². The van der Waals surface area contributed by atoms with Gasteiger partial charge in [0.15, 0.2) is 5.76 Å². The molecule has 4 aromatic rings. The Hall–Kier alpha value is -4.30. The van der Waals surface area contributed by atoms with Gasteiger partial charge < -0.3 is 23.4 Å². The SMILES string of the molecule is Cc1ccc(C)n1-c1ccc(OCc2ccc(C(=O)NN=Cc3ccc(N4CCOCC4)cc3)o2)cc1. The van der Waals surface area contributed by atoms with E-state index in [1.165, 1.54) is 11.4 Å². The minimum atomic E-state index is -0.422. The number of hydrogen-bond donors (Lipinski definition) is 1. The summed E-state index contributed by atoms with van der Waals surface area (Å²) in [5.41, 5.74) is 7.99. The molecule has 0 unspecified atom stereocenters. The molecule has 0 spiro atoms. The molecule has 0 atom stereocenters. The van der Waals surface area contributed by atoms with Gasteiger partial charge in [-0.15, -0.1) is 0 Å². The number of hydrogen-bond acceptors (Lipinski definition) is 6. The summed E-state index contributed by atoms with van der Waals surface area (Å²) in [6, 6.07) is 23.4. The van der Waals surface area contributed by atoms with E-state index in [0.29, 0.717) is 5.76 Å². The molecule has 8 nitrogen and oxygen atoms in total. The fourth-order valence-electron chi connectivity index (χ4n) is 4.31. The lowest BCUT2D eigenvalue weighted by atomic mass is 10.2. The lowest BCUT2D eigenvalue weighted by Crippen LogP contribution is -2.36. The van der Waals surface area contributed by atoms with Gasteiger partial charge in [0.1, 0.15) is 18.1 Å². The monoisotopic (exact) mass is 498 g/mol. The number of anilines is 1. The van der Waals surface area contributed by atoms with E-state index in [1.54, 1.807) is 18.3 Å². The van der Waals surface area contributed by atoms with Crippen LogP contribution in [0.5, 0.6) is 5.75 Å². The third-order valence-corrected chi connectivity index (χ3v) is 6.28. The maximum Gasteiger partial charge on any atom is 0.307 e. The number of hydrazone groups is 1. The third-order valence-electron chi connectivity index (χ3n) is 6.28. The maximum absolute atomic E-state index is 12.4. The van der Waals surface area contributed by atoms with Crippen molar-refractivity contribution >= 4 is 17.8 Å². The Labute approximate surface area is 216 Å². The molecule has 0 bridgehead atoms. The minimum Gasteiger partial charge on any atom is -0.486 e. The summed E-state index contributed by atoms with van der Waals surface area (Å²) < 4.78 is 19.1. The molecule has 1 saturated heterocycles. The van der Waals surface area contributed by atoms with Crippen molar-refractivity contribution in [3.8, 4) is 11.4 Å². The second-order valence-corrected chi connectivity index (χ2v) is 8.89. The van der Waals surface area contributed by atoms with E-state index >= 15 is 0 Å². The summed E-state index contributed by atoms with van der Waals surface area (Å²) >= 11 is 0. The van der Waals surface area contributed by atoms with Crippen molar-refractivity contribution < 1.29 is 18.7 Å². The molecule has 0 saturated carbocycles. The number of nitrogens with zero attached hydrogens (tertiary/aromatic N) is 3. The van der Waals surface area contributed by atoms with Gasteiger partial charge in [-0.3, -0.25) is 4.79 Å². The minimum absolute atomic E-state index is 0.173. The van der Waals surface area contributed by atoms with Gasteiger partial charge in [-0.2, -0.15) is 5.10 Å². The Morgan fingerprint density at radius 1 is 0.919 bits per heavy atom. The zero-order valence-electron chi connectivity index (χ0n) is 21.0. The number of aryl methyl sites for hydroxylation is 2. The van der Waals surface area contributed by atoms with Crippen molar-refractivity contribution in [1.29, 1.82) is 0 Å². The molecule has 0 aliphatic carbocycles. The summed E-state index contributed by atoms with van der Waals surface area (Å²) in [4.78, 5) is 14.7. The van der Waals surface area contributed by atoms with Crippen molar-refractivity contribution in [1.82, 2.24) is 9.99 Å². The highest BCUT2D eigenvalue weighted by Gasteiger charge is 2.12. The zero-order valence-corrected chi connectivity index (χ0v) is 21.0. The van der Waals surface area contributed by atoms with Crippen LogP contribution in [-0.4, -0.2) is 43.0 Å². The van der Waals surface area contributed by atoms with E-state index in [0.717, 1.165) is 49.0 Å². The van der Waals surface area contributed by atoms with E-state index in [-0.39, 0.29) is 12.4 Å². The average molecular weight is 499 g/mol. The lowest BCUT2D eigenvalue weighted by Gasteiger charge is -2.28. The van der Waals surface area contributed by atoms with Crippen molar-refractivity contribution in [2.24, 2.45) is 5.10 Å². The number of furan rings is 1. The Morgan fingerprint density at radius 2 is 1.59 bits per heavy atom. The quantitative estimate of drug-likeness (QED) is 0.277.